The molecule has 1 fully saturated rings. The van der Waals surface area contributed by atoms with Crippen LogP contribution in [0.1, 0.15) is 25.0 Å². The maximum atomic E-state index is 5.94. The summed E-state index contributed by atoms with van der Waals surface area (Å²) < 4.78 is 8.92. The van der Waals surface area contributed by atoms with Gasteiger partial charge in [-0.25, -0.2) is 0 Å². The molecular weight excluding hydrogens is 342 g/mol. The highest BCUT2D eigenvalue weighted by molar-refractivity contribution is 9.10. The van der Waals surface area contributed by atoms with E-state index in [0.29, 0.717) is 12.0 Å². The van der Waals surface area contributed by atoms with Crippen LogP contribution in [0.5, 0.6) is 0 Å². The van der Waals surface area contributed by atoms with Crippen molar-refractivity contribution in [3.8, 4) is 0 Å². The summed E-state index contributed by atoms with van der Waals surface area (Å²) in [5.74, 6) is 0.536. The van der Waals surface area contributed by atoms with E-state index in [9.17, 15) is 0 Å². The zero-order valence-electron chi connectivity index (χ0n) is 12.8. The maximum absolute atomic E-state index is 5.94. The van der Waals surface area contributed by atoms with Crippen molar-refractivity contribution in [1.82, 2.24) is 15.1 Å². The lowest BCUT2D eigenvalue weighted by atomic mass is 9.95. The Kier molecular flexibility index (Phi) is 5.28. The molecule has 1 N–H and O–H groups in total. The SMILES string of the molecule is C[C@@H](Cn1cc(Br)cn1)NC[C@H]1CCO[C@@H]1c1ccccc1. The topological polar surface area (TPSA) is 39.1 Å². The van der Waals surface area contributed by atoms with Crippen LogP contribution in [0, 0.1) is 5.92 Å². The van der Waals surface area contributed by atoms with Crippen LogP contribution in [-0.4, -0.2) is 29.0 Å². The molecule has 118 valence electrons. The van der Waals surface area contributed by atoms with Gasteiger partial charge >= 0.3 is 0 Å². The van der Waals surface area contributed by atoms with Crippen LogP contribution in [0.25, 0.3) is 0 Å². The lowest BCUT2D eigenvalue weighted by Crippen LogP contribution is -2.35. The van der Waals surface area contributed by atoms with E-state index in [1.54, 1.807) is 0 Å². The molecule has 22 heavy (non-hydrogen) atoms. The second-order valence-corrected chi connectivity index (χ2v) is 6.86. The number of nitrogens with one attached hydrogen (secondary N) is 1. The number of hydrogen-bond acceptors (Lipinski definition) is 3. The van der Waals surface area contributed by atoms with E-state index in [-0.39, 0.29) is 6.10 Å². The molecular formula is C17H22BrN3O. The average Bonchev–Trinajstić information content (AvgIpc) is 3.15. The van der Waals surface area contributed by atoms with Gasteiger partial charge in [0.25, 0.3) is 0 Å². The van der Waals surface area contributed by atoms with Gasteiger partial charge in [0.1, 0.15) is 0 Å². The van der Waals surface area contributed by atoms with Crippen LogP contribution in [0.2, 0.25) is 0 Å². The molecule has 2 heterocycles. The van der Waals surface area contributed by atoms with Crippen molar-refractivity contribution in [3.05, 3.63) is 52.8 Å². The van der Waals surface area contributed by atoms with E-state index < -0.39 is 0 Å². The first-order valence-electron chi connectivity index (χ1n) is 7.80. The fourth-order valence-corrected chi connectivity index (χ4v) is 3.32. The lowest BCUT2D eigenvalue weighted by Gasteiger charge is -2.22. The first kappa shape index (κ1) is 15.7. The van der Waals surface area contributed by atoms with Gasteiger partial charge in [-0.2, -0.15) is 5.10 Å². The number of hydrogen-bond donors (Lipinski definition) is 1. The van der Waals surface area contributed by atoms with Crippen molar-refractivity contribution in [2.24, 2.45) is 5.92 Å². The van der Waals surface area contributed by atoms with Crippen LogP contribution in [-0.2, 0) is 11.3 Å². The quantitative estimate of drug-likeness (QED) is 0.854. The maximum Gasteiger partial charge on any atom is 0.0866 e. The molecule has 0 unspecified atom stereocenters. The molecule has 0 aliphatic carbocycles. The zero-order valence-corrected chi connectivity index (χ0v) is 14.4. The first-order valence-corrected chi connectivity index (χ1v) is 8.59. The highest BCUT2D eigenvalue weighted by atomic mass is 79.9. The van der Waals surface area contributed by atoms with Gasteiger partial charge < -0.3 is 10.1 Å². The summed E-state index contributed by atoms with van der Waals surface area (Å²) in [5.41, 5.74) is 1.29. The van der Waals surface area contributed by atoms with E-state index >= 15 is 0 Å². The summed E-state index contributed by atoms with van der Waals surface area (Å²) in [5, 5.41) is 7.93. The Morgan fingerprint density at radius 1 is 1.41 bits per heavy atom. The van der Waals surface area contributed by atoms with E-state index in [0.717, 1.165) is 30.6 Å². The average molecular weight is 364 g/mol. The molecule has 0 saturated carbocycles. The molecule has 1 aliphatic heterocycles. The van der Waals surface area contributed by atoms with Crippen molar-refractivity contribution < 1.29 is 4.74 Å². The fourth-order valence-electron chi connectivity index (χ4n) is 2.99. The zero-order chi connectivity index (χ0) is 15.4. The van der Waals surface area contributed by atoms with E-state index in [4.69, 9.17) is 4.74 Å². The summed E-state index contributed by atoms with van der Waals surface area (Å²) in [6, 6.07) is 10.9. The van der Waals surface area contributed by atoms with Gasteiger partial charge in [-0.1, -0.05) is 30.3 Å². The van der Waals surface area contributed by atoms with Crippen LogP contribution in [0.4, 0.5) is 0 Å². The highest BCUT2D eigenvalue weighted by Gasteiger charge is 2.29. The Morgan fingerprint density at radius 2 is 2.23 bits per heavy atom. The van der Waals surface area contributed by atoms with Crippen molar-refractivity contribution in [2.75, 3.05) is 13.2 Å². The van der Waals surface area contributed by atoms with Gasteiger partial charge in [-0.05, 0) is 34.8 Å². The molecule has 4 nitrogen and oxygen atoms in total. The molecule has 2 aromatic rings. The molecule has 0 amide bonds. The minimum atomic E-state index is 0.222. The minimum Gasteiger partial charge on any atom is -0.373 e. The van der Waals surface area contributed by atoms with E-state index in [1.807, 2.05) is 17.1 Å². The third-order valence-corrected chi connectivity index (χ3v) is 4.54. The number of benzene rings is 1. The monoisotopic (exact) mass is 363 g/mol. The van der Waals surface area contributed by atoms with Crippen molar-refractivity contribution in [1.29, 1.82) is 0 Å². The summed E-state index contributed by atoms with van der Waals surface area (Å²) in [6.07, 6.45) is 5.17. The predicted molar refractivity (Wildman–Crippen MR) is 90.6 cm³/mol. The normalized spacial score (nSPS) is 22.8. The second kappa shape index (κ2) is 7.40. The van der Waals surface area contributed by atoms with Crippen LogP contribution in [0.3, 0.4) is 0 Å². The molecule has 1 aliphatic rings. The minimum absolute atomic E-state index is 0.222. The third kappa shape index (κ3) is 3.97. The van der Waals surface area contributed by atoms with Gasteiger partial charge in [-0.3, -0.25) is 4.68 Å². The lowest BCUT2D eigenvalue weighted by molar-refractivity contribution is 0.0897. The summed E-state index contributed by atoms with van der Waals surface area (Å²) in [6.45, 7) is 4.90. The number of rotatable bonds is 6. The number of halogens is 1. The van der Waals surface area contributed by atoms with E-state index in [1.165, 1.54) is 5.56 Å². The Hall–Kier alpha value is -1.17. The third-order valence-electron chi connectivity index (χ3n) is 4.13. The molecule has 0 bridgehead atoms. The molecule has 3 atom stereocenters. The highest BCUT2D eigenvalue weighted by Crippen LogP contribution is 2.33. The standard InChI is InChI=1S/C17H22BrN3O/c1-13(11-21-12-16(18)10-20-21)19-9-15-7-8-22-17(15)14-5-3-2-4-6-14/h2-6,10,12-13,15,17,19H,7-9,11H2,1H3/t13-,15+,17+/m0/s1. The van der Waals surface area contributed by atoms with Crippen molar-refractivity contribution >= 4 is 15.9 Å². The van der Waals surface area contributed by atoms with Gasteiger partial charge in [0, 0.05) is 31.3 Å². The van der Waals surface area contributed by atoms with Crippen LogP contribution in [0.15, 0.2) is 47.2 Å². The molecule has 1 saturated heterocycles. The predicted octanol–water partition coefficient (Wildman–Crippen LogP) is 3.40. The fraction of sp³-hybridized carbons (Fsp3) is 0.471. The Labute approximate surface area is 140 Å². The Morgan fingerprint density at radius 3 is 2.95 bits per heavy atom. The number of nitrogens with zero attached hydrogens (tertiary/aromatic N) is 2. The molecule has 0 radical (unpaired) electrons. The summed E-state index contributed by atoms with van der Waals surface area (Å²) >= 11 is 3.43. The second-order valence-electron chi connectivity index (χ2n) is 5.94. The number of ether oxygens (including phenoxy) is 1. The Bertz CT molecular complexity index is 587. The summed E-state index contributed by atoms with van der Waals surface area (Å²) in [4.78, 5) is 0. The van der Waals surface area contributed by atoms with Gasteiger partial charge in [0.05, 0.1) is 23.3 Å². The molecule has 1 aromatic carbocycles. The van der Waals surface area contributed by atoms with Crippen LogP contribution < -0.4 is 5.32 Å². The Balaban J connectivity index is 1.52. The molecule has 5 heteroatoms. The molecule has 0 spiro atoms. The van der Waals surface area contributed by atoms with Crippen molar-refractivity contribution in [2.45, 2.75) is 32.0 Å². The molecule has 3 rings (SSSR count). The van der Waals surface area contributed by atoms with E-state index in [2.05, 4.69) is 63.6 Å². The smallest absolute Gasteiger partial charge is 0.0866 e. The van der Waals surface area contributed by atoms with Gasteiger partial charge in [0.15, 0.2) is 0 Å². The summed E-state index contributed by atoms with van der Waals surface area (Å²) in [7, 11) is 0. The van der Waals surface area contributed by atoms with Gasteiger partial charge in [-0.15, -0.1) is 0 Å². The first-order chi connectivity index (χ1) is 10.7. The molecule has 1 aromatic heterocycles. The van der Waals surface area contributed by atoms with Crippen molar-refractivity contribution in [3.63, 3.8) is 0 Å². The largest absolute Gasteiger partial charge is 0.373 e. The number of aromatic nitrogens is 2. The van der Waals surface area contributed by atoms with Gasteiger partial charge in [0.2, 0.25) is 0 Å². The van der Waals surface area contributed by atoms with Crippen LogP contribution >= 0.6 is 15.9 Å².